The maximum Gasteiger partial charge on any atom is 0.410 e. The van der Waals surface area contributed by atoms with E-state index in [0.717, 1.165) is 17.5 Å². The summed E-state index contributed by atoms with van der Waals surface area (Å²) in [4.78, 5) is 27.0. The van der Waals surface area contributed by atoms with Crippen LogP contribution in [0, 0.1) is 5.92 Å². The zero-order chi connectivity index (χ0) is 20.5. The number of hydrogen-bond donors (Lipinski definition) is 0. The summed E-state index contributed by atoms with van der Waals surface area (Å²) in [5, 5.41) is 0. The third-order valence-electron chi connectivity index (χ3n) is 5.56. The van der Waals surface area contributed by atoms with Crippen LogP contribution in [-0.4, -0.2) is 46.6 Å². The molecule has 0 aromatic heterocycles. The van der Waals surface area contributed by atoms with E-state index >= 15 is 0 Å². The van der Waals surface area contributed by atoms with E-state index in [-0.39, 0.29) is 30.6 Å². The highest BCUT2D eigenvalue weighted by Gasteiger charge is 2.53. The number of fused-ring (bicyclic) bond motifs is 2. The normalized spacial score (nSPS) is 26.6. The monoisotopic (exact) mass is 445 g/mol. The van der Waals surface area contributed by atoms with E-state index in [1.807, 2.05) is 24.3 Å². The minimum absolute atomic E-state index is 0.0298. The van der Waals surface area contributed by atoms with Crippen molar-refractivity contribution in [3.8, 4) is 0 Å². The molecule has 2 saturated heterocycles. The van der Waals surface area contributed by atoms with E-state index in [2.05, 4.69) is 6.58 Å². The summed E-state index contributed by atoms with van der Waals surface area (Å²) in [6.07, 6.45) is 3.35. The Bertz CT molecular complexity index is 747. The molecule has 1 aromatic rings. The first kappa shape index (κ1) is 21.3. The second kappa shape index (κ2) is 8.52. The predicted octanol–water partition coefficient (Wildman–Crippen LogP) is 4.95. The van der Waals surface area contributed by atoms with E-state index in [1.54, 1.807) is 11.0 Å². The van der Waals surface area contributed by atoms with Crippen molar-refractivity contribution in [2.45, 2.75) is 41.1 Å². The Morgan fingerprint density at radius 3 is 2.50 bits per heavy atom. The van der Waals surface area contributed by atoms with Gasteiger partial charge in [0.2, 0.25) is 3.79 Å². The van der Waals surface area contributed by atoms with Gasteiger partial charge in [-0.2, -0.15) is 0 Å². The number of halogens is 3. The van der Waals surface area contributed by atoms with Crippen LogP contribution in [0.25, 0.3) is 6.08 Å². The molecule has 4 atom stereocenters. The number of rotatable bonds is 4. The molecule has 1 amide bonds. The zero-order valence-electron chi connectivity index (χ0n) is 15.4. The van der Waals surface area contributed by atoms with Crippen molar-refractivity contribution in [1.29, 1.82) is 0 Å². The molecule has 3 rings (SSSR count). The largest absolute Gasteiger partial charge is 0.469 e. The second-order valence-corrected chi connectivity index (χ2v) is 9.65. The molecule has 0 unspecified atom stereocenters. The minimum atomic E-state index is -1.68. The van der Waals surface area contributed by atoms with Crippen molar-refractivity contribution in [1.82, 2.24) is 4.90 Å². The minimum Gasteiger partial charge on any atom is -0.469 e. The van der Waals surface area contributed by atoms with Gasteiger partial charge < -0.3 is 14.4 Å². The van der Waals surface area contributed by atoms with Crippen LogP contribution >= 0.6 is 34.8 Å². The third-order valence-corrected chi connectivity index (χ3v) is 5.89. The van der Waals surface area contributed by atoms with Gasteiger partial charge in [-0.25, -0.2) is 4.79 Å². The van der Waals surface area contributed by atoms with Crippen molar-refractivity contribution in [2.75, 3.05) is 13.7 Å². The van der Waals surface area contributed by atoms with Crippen molar-refractivity contribution < 1.29 is 19.1 Å². The zero-order valence-corrected chi connectivity index (χ0v) is 17.7. The fraction of sp³-hybridized carbons (Fsp3) is 0.500. The topological polar surface area (TPSA) is 55.8 Å². The lowest BCUT2D eigenvalue weighted by molar-refractivity contribution is -0.150. The molecular weight excluding hydrogens is 425 g/mol. The molecule has 0 saturated carbocycles. The van der Waals surface area contributed by atoms with E-state index in [0.29, 0.717) is 12.8 Å². The number of amides is 1. The summed E-state index contributed by atoms with van der Waals surface area (Å²) in [7, 11) is 1.37. The first-order chi connectivity index (χ1) is 13.2. The third kappa shape index (κ3) is 4.42. The highest BCUT2D eigenvalue weighted by Crippen LogP contribution is 2.47. The number of carbonyl (C=O) groups is 2. The maximum absolute atomic E-state index is 12.7. The van der Waals surface area contributed by atoms with Crippen molar-refractivity contribution >= 4 is 52.9 Å². The summed E-state index contributed by atoms with van der Waals surface area (Å²) >= 11 is 17.1. The highest BCUT2D eigenvalue weighted by molar-refractivity contribution is 6.67. The summed E-state index contributed by atoms with van der Waals surface area (Å²) in [5.74, 6) is -0.845. The number of alkyl halides is 3. The number of nitrogens with zero attached hydrogens (tertiary/aromatic N) is 1. The Labute approximate surface area is 179 Å². The van der Waals surface area contributed by atoms with Crippen LogP contribution in [0.3, 0.4) is 0 Å². The molecule has 1 aromatic carbocycles. The summed E-state index contributed by atoms with van der Waals surface area (Å²) < 4.78 is 8.59. The smallest absolute Gasteiger partial charge is 0.410 e. The fourth-order valence-corrected chi connectivity index (χ4v) is 4.55. The summed E-state index contributed by atoms with van der Waals surface area (Å²) in [5.41, 5.74) is 2.06. The Morgan fingerprint density at radius 1 is 1.25 bits per heavy atom. The average Bonchev–Trinajstić information content (AvgIpc) is 2.98. The van der Waals surface area contributed by atoms with Crippen molar-refractivity contribution in [2.24, 2.45) is 5.92 Å². The number of piperidine rings is 1. The number of esters is 1. The van der Waals surface area contributed by atoms with Crippen LogP contribution < -0.4 is 0 Å². The van der Waals surface area contributed by atoms with Gasteiger partial charge in [-0.05, 0) is 30.4 Å². The number of methoxy groups -OCH3 is 1. The molecular formula is C20H22Cl3NO4. The first-order valence-electron chi connectivity index (χ1n) is 9.07. The molecule has 0 radical (unpaired) electrons. The van der Waals surface area contributed by atoms with Gasteiger partial charge in [-0.15, -0.1) is 0 Å². The predicted molar refractivity (Wildman–Crippen MR) is 110 cm³/mol. The van der Waals surface area contributed by atoms with E-state index in [1.165, 1.54) is 7.11 Å². The van der Waals surface area contributed by atoms with E-state index in [4.69, 9.17) is 44.3 Å². The van der Waals surface area contributed by atoms with Crippen molar-refractivity contribution in [3.63, 3.8) is 0 Å². The Hall–Kier alpha value is -1.43. The lowest BCUT2D eigenvalue weighted by Crippen LogP contribution is -2.53. The molecule has 0 spiro atoms. The van der Waals surface area contributed by atoms with Gasteiger partial charge in [0.05, 0.1) is 13.0 Å². The molecule has 2 heterocycles. The Kier molecular flexibility index (Phi) is 6.47. The Balaban J connectivity index is 1.86. The average molecular weight is 447 g/mol. The van der Waals surface area contributed by atoms with Crippen LogP contribution in [0.15, 0.2) is 30.8 Å². The second-order valence-electron chi connectivity index (χ2n) is 7.14. The van der Waals surface area contributed by atoms with Gasteiger partial charge in [-0.1, -0.05) is 71.7 Å². The summed E-state index contributed by atoms with van der Waals surface area (Å²) in [6, 6.07) is 7.62. The number of carbonyl (C=O) groups excluding carboxylic acids is 2. The quantitative estimate of drug-likeness (QED) is 0.485. The van der Waals surface area contributed by atoms with Crippen LogP contribution in [-0.2, 0) is 14.3 Å². The molecule has 2 fully saturated rings. The molecule has 152 valence electrons. The van der Waals surface area contributed by atoms with Crippen LogP contribution in [0.5, 0.6) is 0 Å². The molecule has 28 heavy (non-hydrogen) atoms. The standard InChI is InChI=1S/C20H22Cl3NO4/c1-3-12-4-6-13(7-5-12)15-10-14-8-9-16(17(15)18(25)27-2)24(14)19(26)28-11-20(21,22)23/h3-7,14-17H,1,8-11H2,2H3/t14-,15+,16+,17-/m0/s1. The van der Waals surface area contributed by atoms with Crippen LogP contribution in [0.1, 0.15) is 36.3 Å². The highest BCUT2D eigenvalue weighted by atomic mass is 35.6. The van der Waals surface area contributed by atoms with Crippen LogP contribution in [0.2, 0.25) is 0 Å². The number of ether oxygens (including phenoxy) is 2. The lowest BCUT2D eigenvalue weighted by Gasteiger charge is -2.43. The molecule has 5 nitrogen and oxygen atoms in total. The SMILES string of the molecule is C=Cc1ccc([C@H]2C[C@@H]3CC[C@H]([C@H]2C(=O)OC)N3C(=O)OCC(Cl)(Cl)Cl)cc1. The maximum atomic E-state index is 12.7. The van der Waals surface area contributed by atoms with Crippen molar-refractivity contribution in [3.05, 3.63) is 42.0 Å². The van der Waals surface area contributed by atoms with Gasteiger partial charge in [0.1, 0.15) is 6.61 Å². The molecule has 2 aliphatic rings. The lowest BCUT2D eigenvalue weighted by atomic mass is 9.76. The number of benzene rings is 1. The molecule has 0 aliphatic carbocycles. The van der Waals surface area contributed by atoms with E-state index < -0.39 is 15.8 Å². The first-order valence-corrected chi connectivity index (χ1v) is 10.2. The van der Waals surface area contributed by atoms with Gasteiger partial charge in [0.15, 0.2) is 0 Å². The molecule has 8 heteroatoms. The van der Waals surface area contributed by atoms with E-state index in [9.17, 15) is 9.59 Å². The van der Waals surface area contributed by atoms with Gasteiger partial charge in [0, 0.05) is 18.0 Å². The molecule has 2 bridgehead atoms. The molecule has 0 N–H and O–H groups in total. The summed E-state index contributed by atoms with van der Waals surface area (Å²) in [6.45, 7) is 3.42. The fourth-order valence-electron chi connectivity index (χ4n) is 4.39. The molecule has 2 aliphatic heterocycles. The van der Waals surface area contributed by atoms with Gasteiger partial charge >= 0.3 is 12.1 Å². The number of hydrogen-bond acceptors (Lipinski definition) is 4. The van der Waals surface area contributed by atoms with Gasteiger partial charge in [0.25, 0.3) is 0 Å². The Morgan fingerprint density at radius 2 is 1.93 bits per heavy atom. The van der Waals surface area contributed by atoms with Gasteiger partial charge in [-0.3, -0.25) is 4.79 Å². The van der Waals surface area contributed by atoms with Crippen LogP contribution in [0.4, 0.5) is 4.79 Å².